The Hall–Kier alpha value is -2.60. The van der Waals surface area contributed by atoms with Crippen LogP contribution in [-0.4, -0.2) is 0 Å². The Kier molecular flexibility index (Phi) is 8.90. The summed E-state index contributed by atoms with van der Waals surface area (Å²) in [5.41, 5.74) is 0. The molecule has 0 saturated heterocycles. The van der Waals surface area contributed by atoms with E-state index in [4.69, 9.17) is 0 Å². The van der Waals surface area contributed by atoms with Gasteiger partial charge in [0.1, 0.15) is 0 Å². The van der Waals surface area contributed by atoms with E-state index in [9.17, 15) is 0 Å². The van der Waals surface area contributed by atoms with E-state index >= 15 is 0 Å². The third-order valence-corrected chi connectivity index (χ3v) is 13.8. The highest BCUT2D eigenvalue weighted by atomic mass is 14.5. The average Bonchev–Trinajstić information content (AvgIpc) is 3.88. The minimum atomic E-state index is 0.521. The first kappa shape index (κ1) is 30.1. The topological polar surface area (TPSA) is 0 Å². The lowest BCUT2D eigenvalue weighted by molar-refractivity contribution is 0.383. The molecule has 0 nitrogen and oxygen atoms in total. The van der Waals surface area contributed by atoms with E-state index in [2.05, 4.69) is 124 Å². The number of fused-ring (bicyclic) bond motifs is 3. The van der Waals surface area contributed by atoms with Crippen LogP contribution in [0.1, 0.15) is 51.4 Å². The van der Waals surface area contributed by atoms with Gasteiger partial charge in [-0.25, -0.2) is 0 Å². The van der Waals surface area contributed by atoms with E-state index in [0.717, 1.165) is 30.1 Å². The van der Waals surface area contributed by atoms with Crippen molar-refractivity contribution >= 4 is 0 Å². The molecule has 0 heteroatoms. The maximum absolute atomic E-state index is 4.31. The predicted octanol–water partition coefficient (Wildman–Crippen LogP) is 11.1. The van der Waals surface area contributed by atoms with E-state index < -0.39 is 0 Å². The Morgan fingerprint density at radius 3 is 1.41 bits per heavy atom. The first-order chi connectivity index (χ1) is 21.6. The van der Waals surface area contributed by atoms with Gasteiger partial charge in [0.05, 0.1) is 0 Å². The number of hydrogen-bond donors (Lipinski definition) is 0. The van der Waals surface area contributed by atoms with Gasteiger partial charge in [0, 0.05) is 0 Å². The Balaban J connectivity index is 1.01. The maximum Gasteiger partial charge on any atom is -0.0133 e. The van der Waals surface area contributed by atoms with Crippen molar-refractivity contribution in [1.82, 2.24) is 0 Å². The lowest BCUT2D eigenvalue weighted by Gasteiger charge is -2.22. The van der Waals surface area contributed by atoms with Crippen LogP contribution in [0.2, 0.25) is 0 Å². The van der Waals surface area contributed by atoms with Gasteiger partial charge in [-0.1, -0.05) is 97.2 Å². The van der Waals surface area contributed by atoms with E-state index in [1.165, 1.54) is 44.9 Å². The van der Waals surface area contributed by atoms with Crippen LogP contribution in [0.5, 0.6) is 0 Å². The lowest BCUT2D eigenvalue weighted by Crippen LogP contribution is -2.14. The number of hydrogen-bond acceptors (Lipinski definition) is 0. The molecule has 0 aromatic rings. The van der Waals surface area contributed by atoms with Crippen LogP contribution in [0.15, 0.2) is 124 Å². The SMILES string of the molecule is C=CC1CC(/C=C/C2CC(C=C)C3CC=CC23)C(C/C=C\C2CC(/C=C/C3CC(C=C)C4CC=CC34)C3CC=CC23)C1C=C. The predicted molar refractivity (Wildman–Crippen MR) is 188 cm³/mol. The van der Waals surface area contributed by atoms with Crippen molar-refractivity contribution in [3.05, 3.63) is 124 Å². The summed E-state index contributed by atoms with van der Waals surface area (Å²) in [6, 6.07) is 0. The average molecular weight is 585 g/mol. The molecular weight excluding hydrogens is 528 g/mol. The summed E-state index contributed by atoms with van der Waals surface area (Å²) in [7, 11) is 0. The van der Waals surface area contributed by atoms with Crippen LogP contribution >= 0.6 is 0 Å². The van der Waals surface area contributed by atoms with Crippen molar-refractivity contribution in [3.63, 3.8) is 0 Å². The molecule has 7 aliphatic carbocycles. The normalized spacial score (nSPS) is 48.6. The fraction of sp³-hybridized carbons (Fsp3) is 0.545. The van der Waals surface area contributed by atoms with Gasteiger partial charge in [0.15, 0.2) is 0 Å². The summed E-state index contributed by atoms with van der Waals surface area (Å²) >= 11 is 0. The Labute approximate surface area is 268 Å². The van der Waals surface area contributed by atoms with Crippen molar-refractivity contribution in [2.75, 3.05) is 0 Å². The van der Waals surface area contributed by atoms with Crippen LogP contribution in [-0.2, 0) is 0 Å². The fourth-order valence-corrected chi connectivity index (χ4v) is 11.5. The highest BCUT2D eigenvalue weighted by Gasteiger charge is 2.45. The van der Waals surface area contributed by atoms with Gasteiger partial charge in [0.25, 0.3) is 0 Å². The largest absolute Gasteiger partial charge is 0.103 e. The molecule has 0 aliphatic heterocycles. The van der Waals surface area contributed by atoms with Crippen LogP contribution in [0, 0.1) is 94.7 Å². The highest BCUT2D eigenvalue weighted by molar-refractivity contribution is 5.21. The van der Waals surface area contributed by atoms with Crippen molar-refractivity contribution in [3.8, 4) is 0 Å². The zero-order valence-corrected chi connectivity index (χ0v) is 27.0. The molecule has 0 radical (unpaired) electrons. The smallest absolute Gasteiger partial charge is 0.0133 e. The monoisotopic (exact) mass is 584 g/mol. The van der Waals surface area contributed by atoms with Crippen molar-refractivity contribution in [2.45, 2.75) is 51.4 Å². The first-order valence-corrected chi connectivity index (χ1v) is 18.2. The van der Waals surface area contributed by atoms with Crippen LogP contribution in [0.25, 0.3) is 0 Å². The highest BCUT2D eigenvalue weighted by Crippen LogP contribution is 2.53. The minimum absolute atomic E-state index is 0.521. The third-order valence-electron chi connectivity index (χ3n) is 13.8. The van der Waals surface area contributed by atoms with Gasteiger partial charge in [-0.3, -0.25) is 0 Å². The van der Waals surface area contributed by atoms with Crippen molar-refractivity contribution < 1.29 is 0 Å². The summed E-state index contributed by atoms with van der Waals surface area (Å²) < 4.78 is 0. The molecule has 0 spiro atoms. The summed E-state index contributed by atoms with van der Waals surface area (Å²) in [4.78, 5) is 0. The van der Waals surface area contributed by atoms with E-state index in [0.29, 0.717) is 71.0 Å². The van der Waals surface area contributed by atoms with Gasteiger partial charge in [-0.2, -0.15) is 0 Å². The molecule has 7 rings (SSSR count). The standard InChI is InChI=1S/C44H56/c1-5-29-25-33(21-22-34-26-30(6-2)38-15-10-18-42(34)38)40(37(29)8-4)14-9-13-32-28-36(44-20-12-17-41(32)44)24-23-35-27-31(7-3)39-16-11-19-43(35)39/h5-13,17-19,21-24,29-44H,1-4,14-16,20,25-28H2/b13-9-,22-21+,24-23+. The van der Waals surface area contributed by atoms with E-state index in [1.54, 1.807) is 0 Å². The van der Waals surface area contributed by atoms with Gasteiger partial charge in [-0.05, 0) is 146 Å². The lowest BCUT2D eigenvalue weighted by atomic mass is 9.83. The van der Waals surface area contributed by atoms with Gasteiger partial charge in [0.2, 0.25) is 0 Å². The van der Waals surface area contributed by atoms with Crippen LogP contribution in [0.4, 0.5) is 0 Å². The molecule has 16 unspecified atom stereocenters. The Morgan fingerprint density at radius 1 is 0.455 bits per heavy atom. The molecule has 0 heterocycles. The van der Waals surface area contributed by atoms with E-state index in [1.807, 2.05) is 0 Å². The van der Waals surface area contributed by atoms with Gasteiger partial charge < -0.3 is 0 Å². The molecular formula is C44H56. The zero-order chi connectivity index (χ0) is 30.2. The molecule has 0 aromatic carbocycles. The fourth-order valence-electron chi connectivity index (χ4n) is 11.5. The zero-order valence-electron chi connectivity index (χ0n) is 27.0. The Bertz CT molecular complexity index is 1260. The second-order valence-corrected chi connectivity index (χ2v) is 15.6. The molecule has 7 aliphatic rings. The first-order valence-electron chi connectivity index (χ1n) is 18.2. The molecule has 232 valence electrons. The summed E-state index contributed by atoms with van der Waals surface area (Å²) in [6.45, 7) is 16.9. The Morgan fingerprint density at radius 2 is 0.886 bits per heavy atom. The van der Waals surface area contributed by atoms with Crippen LogP contribution < -0.4 is 0 Å². The summed E-state index contributed by atoms with van der Waals surface area (Å²) in [5.74, 6) is 10.9. The third kappa shape index (κ3) is 5.43. The molecule has 0 amide bonds. The second kappa shape index (κ2) is 13.0. The van der Waals surface area contributed by atoms with Crippen LogP contribution in [0.3, 0.4) is 0 Å². The summed E-state index contributed by atoms with van der Waals surface area (Å²) in [6.07, 6.45) is 49.5. The quantitative estimate of drug-likeness (QED) is 0.212. The second-order valence-electron chi connectivity index (χ2n) is 15.6. The number of rotatable bonds is 11. The van der Waals surface area contributed by atoms with Gasteiger partial charge >= 0.3 is 0 Å². The number of allylic oxidation sites excluding steroid dienone is 16. The van der Waals surface area contributed by atoms with Crippen molar-refractivity contribution in [2.24, 2.45) is 94.7 Å². The van der Waals surface area contributed by atoms with E-state index in [-0.39, 0.29) is 0 Å². The minimum Gasteiger partial charge on any atom is -0.103 e. The maximum atomic E-state index is 4.31. The molecule has 0 aromatic heterocycles. The molecule has 16 atom stereocenters. The molecule has 0 bridgehead atoms. The van der Waals surface area contributed by atoms with Crippen molar-refractivity contribution in [1.29, 1.82) is 0 Å². The molecule has 4 saturated carbocycles. The molecule has 0 N–H and O–H groups in total. The van der Waals surface area contributed by atoms with Gasteiger partial charge in [-0.15, -0.1) is 26.3 Å². The molecule has 4 fully saturated rings. The molecule has 44 heavy (non-hydrogen) atoms. The summed E-state index contributed by atoms with van der Waals surface area (Å²) in [5, 5.41) is 0.